The van der Waals surface area contributed by atoms with E-state index < -0.39 is 10.0 Å². The Labute approximate surface area is 159 Å². The maximum absolute atomic E-state index is 12.4. The molecule has 0 atom stereocenters. The fourth-order valence-corrected chi connectivity index (χ4v) is 3.75. The van der Waals surface area contributed by atoms with E-state index in [0.717, 1.165) is 15.5 Å². The standard InChI is InChI=1S/C19H24N2O3S2/c1-14(2)15-8-10-16(11-9-15)20-19(22)13-21(26(4,23)24)17-6-5-7-18(12-17)25-3/h5-12,14H,13H2,1-4H3,(H,20,22). The highest BCUT2D eigenvalue weighted by atomic mass is 32.2. The maximum atomic E-state index is 12.4. The van der Waals surface area contributed by atoms with Crippen molar-refractivity contribution >= 4 is 39.1 Å². The Morgan fingerprint density at radius 3 is 2.35 bits per heavy atom. The van der Waals surface area contributed by atoms with Gasteiger partial charge in [0.2, 0.25) is 15.9 Å². The molecule has 0 fully saturated rings. The highest BCUT2D eigenvalue weighted by molar-refractivity contribution is 7.98. The number of thioether (sulfide) groups is 1. The highest BCUT2D eigenvalue weighted by Gasteiger charge is 2.21. The van der Waals surface area contributed by atoms with Crippen molar-refractivity contribution in [3.8, 4) is 0 Å². The summed E-state index contributed by atoms with van der Waals surface area (Å²) in [5.74, 6) is 0.0199. The van der Waals surface area contributed by atoms with Gasteiger partial charge in [0.05, 0.1) is 11.9 Å². The second-order valence-electron chi connectivity index (χ2n) is 6.30. The maximum Gasteiger partial charge on any atom is 0.245 e. The van der Waals surface area contributed by atoms with Gasteiger partial charge in [-0.3, -0.25) is 9.10 Å². The van der Waals surface area contributed by atoms with Gasteiger partial charge in [-0.05, 0) is 48.1 Å². The van der Waals surface area contributed by atoms with Gasteiger partial charge in [-0.2, -0.15) is 0 Å². The molecule has 0 radical (unpaired) electrons. The van der Waals surface area contributed by atoms with Crippen LogP contribution in [0.3, 0.4) is 0 Å². The third kappa shape index (κ3) is 5.51. The zero-order chi connectivity index (χ0) is 19.3. The number of rotatable bonds is 7. The monoisotopic (exact) mass is 392 g/mol. The third-order valence-corrected chi connectivity index (χ3v) is 5.76. The lowest BCUT2D eigenvalue weighted by molar-refractivity contribution is -0.114. The van der Waals surface area contributed by atoms with Gasteiger partial charge in [-0.15, -0.1) is 11.8 Å². The van der Waals surface area contributed by atoms with Gasteiger partial charge in [0, 0.05) is 10.6 Å². The van der Waals surface area contributed by atoms with Crippen LogP contribution in [0.4, 0.5) is 11.4 Å². The number of sulfonamides is 1. The second-order valence-corrected chi connectivity index (χ2v) is 9.08. The van der Waals surface area contributed by atoms with Gasteiger partial charge < -0.3 is 5.32 Å². The van der Waals surface area contributed by atoms with Gasteiger partial charge in [0.1, 0.15) is 6.54 Å². The molecule has 2 aromatic carbocycles. The number of nitrogens with zero attached hydrogens (tertiary/aromatic N) is 1. The van der Waals surface area contributed by atoms with E-state index in [1.54, 1.807) is 18.2 Å². The average Bonchev–Trinajstić information content (AvgIpc) is 2.59. The molecule has 5 nitrogen and oxygen atoms in total. The minimum Gasteiger partial charge on any atom is -0.325 e. The van der Waals surface area contributed by atoms with Crippen molar-refractivity contribution in [2.24, 2.45) is 0 Å². The van der Waals surface area contributed by atoms with Crippen LogP contribution in [0.25, 0.3) is 0 Å². The third-order valence-electron chi connectivity index (χ3n) is 3.89. The van der Waals surface area contributed by atoms with E-state index in [9.17, 15) is 13.2 Å². The predicted octanol–water partition coefficient (Wildman–Crippen LogP) is 3.94. The summed E-state index contributed by atoms with van der Waals surface area (Å²) < 4.78 is 25.5. The van der Waals surface area contributed by atoms with Crippen LogP contribution in [0, 0.1) is 0 Å². The lowest BCUT2D eigenvalue weighted by atomic mass is 10.0. The van der Waals surface area contributed by atoms with E-state index in [2.05, 4.69) is 19.2 Å². The summed E-state index contributed by atoms with van der Waals surface area (Å²) in [5.41, 5.74) is 2.30. The molecule has 0 spiro atoms. The van der Waals surface area contributed by atoms with Crippen LogP contribution in [0.5, 0.6) is 0 Å². The summed E-state index contributed by atoms with van der Waals surface area (Å²) in [6.45, 7) is 3.92. The largest absolute Gasteiger partial charge is 0.325 e. The van der Waals surface area contributed by atoms with Crippen LogP contribution in [-0.2, 0) is 14.8 Å². The Morgan fingerprint density at radius 1 is 1.15 bits per heavy atom. The molecule has 0 bridgehead atoms. The normalized spacial score (nSPS) is 11.4. The van der Waals surface area contributed by atoms with Crippen LogP contribution in [-0.4, -0.2) is 33.4 Å². The Balaban J connectivity index is 2.16. The number of carbonyl (C=O) groups is 1. The van der Waals surface area contributed by atoms with Crippen molar-refractivity contribution in [3.05, 3.63) is 54.1 Å². The number of carbonyl (C=O) groups excluding carboxylic acids is 1. The van der Waals surface area contributed by atoms with Crippen molar-refractivity contribution in [3.63, 3.8) is 0 Å². The number of anilines is 2. The molecule has 0 aromatic heterocycles. The highest BCUT2D eigenvalue weighted by Crippen LogP contribution is 2.24. The lowest BCUT2D eigenvalue weighted by Gasteiger charge is -2.22. The fraction of sp³-hybridized carbons (Fsp3) is 0.316. The lowest BCUT2D eigenvalue weighted by Crippen LogP contribution is -2.37. The molecular weight excluding hydrogens is 368 g/mol. The van der Waals surface area contributed by atoms with Crippen molar-refractivity contribution in [1.29, 1.82) is 0 Å². The summed E-state index contributed by atoms with van der Waals surface area (Å²) in [7, 11) is -3.59. The summed E-state index contributed by atoms with van der Waals surface area (Å²) in [5, 5.41) is 2.76. The van der Waals surface area contributed by atoms with Gasteiger partial charge in [-0.25, -0.2) is 8.42 Å². The minimum atomic E-state index is -3.59. The summed E-state index contributed by atoms with van der Waals surface area (Å²) in [6.07, 6.45) is 3.01. The van der Waals surface area contributed by atoms with E-state index in [0.29, 0.717) is 17.3 Å². The molecule has 7 heteroatoms. The van der Waals surface area contributed by atoms with Crippen molar-refractivity contribution in [2.75, 3.05) is 28.7 Å². The van der Waals surface area contributed by atoms with Crippen LogP contribution in [0.2, 0.25) is 0 Å². The van der Waals surface area contributed by atoms with E-state index in [1.165, 1.54) is 17.3 Å². The average molecular weight is 393 g/mol. The minimum absolute atomic E-state index is 0.275. The molecule has 0 aliphatic carbocycles. The van der Waals surface area contributed by atoms with Gasteiger partial charge in [0.15, 0.2) is 0 Å². The zero-order valence-electron chi connectivity index (χ0n) is 15.4. The van der Waals surface area contributed by atoms with E-state index in [-0.39, 0.29) is 12.5 Å². The summed E-state index contributed by atoms with van der Waals surface area (Å²) in [4.78, 5) is 13.3. The van der Waals surface area contributed by atoms with Gasteiger partial charge in [-0.1, -0.05) is 32.0 Å². The number of hydrogen-bond donors (Lipinski definition) is 1. The van der Waals surface area contributed by atoms with Crippen molar-refractivity contribution in [2.45, 2.75) is 24.7 Å². The first kappa shape index (κ1) is 20.3. The topological polar surface area (TPSA) is 66.5 Å². The predicted molar refractivity (Wildman–Crippen MR) is 110 cm³/mol. The van der Waals surface area contributed by atoms with E-state index >= 15 is 0 Å². The van der Waals surface area contributed by atoms with Crippen LogP contribution in [0.15, 0.2) is 53.4 Å². The molecule has 140 valence electrons. The molecule has 2 aromatic rings. The number of nitrogens with one attached hydrogen (secondary N) is 1. The molecule has 0 aliphatic heterocycles. The zero-order valence-corrected chi connectivity index (χ0v) is 17.0. The van der Waals surface area contributed by atoms with Crippen LogP contribution in [0.1, 0.15) is 25.3 Å². The molecule has 0 unspecified atom stereocenters. The Kier molecular flexibility index (Phi) is 6.72. The first-order chi connectivity index (χ1) is 12.2. The number of hydrogen-bond acceptors (Lipinski definition) is 4. The molecule has 0 aliphatic rings. The smallest absolute Gasteiger partial charge is 0.245 e. The molecule has 1 N–H and O–H groups in total. The quantitative estimate of drug-likeness (QED) is 0.725. The van der Waals surface area contributed by atoms with Crippen LogP contribution < -0.4 is 9.62 Å². The van der Waals surface area contributed by atoms with E-state index in [1.807, 2.05) is 36.6 Å². The second kappa shape index (κ2) is 8.60. The van der Waals surface area contributed by atoms with Gasteiger partial charge in [0.25, 0.3) is 0 Å². The molecule has 0 saturated carbocycles. The SMILES string of the molecule is CSc1cccc(N(CC(=O)Nc2ccc(C(C)C)cc2)S(C)(=O)=O)c1. The fourth-order valence-electron chi connectivity index (χ4n) is 2.45. The Hall–Kier alpha value is -1.99. The first-order valence-electron chi connectivity index (χ1n) is 8.22. The van der Waals surface area contributed by atoms with Crippen molar-refractivity contribution in [1.82, 2.24) is 0 Å². The van der Waals surface area contributed by atoms with Crippen LogP contribution >= 0.6 is 11.8 Å². The number of amides is 1. The van der Waals surface area contributed by atoms with Crippen molar-refractivity contribution < 1.29 is 13.2 Å². The molecule has 26 heavy (non-hydrogen) atoms. The Morgan fingerprint density at radius 2 is 1.81 bits per heavy atom. The number of benzene rings is 2. The summed E-state index contributed by atoms with van der Waals surface area (Å²) in [6, 6.07) is 14.7. The Bertz CT molecular complexity index is 863. The summed E-state index contributed by atoms with van der Waals surface area (Å²) >= 11 is 1.51. The molecule has 0 saturated heterocycles. The molecule has 1 amide bonds. The molecule has 0 heterocycles. The van der Waals surface area contributed by atoms with Gasteiger partial charge >= 0.3 is 0 Å². The first-order valence-corrected chi connectivity index (χ1v) is 11.3. The van der Waals surface area contributed by atoms with E-state index in [4.69, 9.17) is 0 Å². The molecule has 2 rings (SSSR count). The molecular formula is C19H24N2O3S2.